The molecule has 1 fully saturated rings. The van der Waals surface area contributed by atoms with Crippen LogP contribution in [0.25, 0.3) is 0 Å². The normalized spacial score (nSPS) is 19.3. The lowest BCUT2D eigenvalue weighted by Gasteiger charge is -2.33. The van der Waals surface area contributed by atoms with E-state index in [1.54, 1.807) is 9.80 Å². The fraction of sp³-hybridized carbons (Fsp3) is 0.526. The Hall–Kier alpha value is -2.61. The Morgan fingerprint density at radius 1 is 1.30 bits per heavy atom. The van der Waals surface area contributed by atoms with E-state index < -0.39 is 0 Å². The smallest absolute Gasteiger partial charge is 0.265 e. The zero-order valence-electron chi connectivity index (χ0n) is 15.4. The first-order chi connectivity index (χ1) is 13.1. The molecule has 1 atom stereocenters. The van der Waals surface area contributed by atoms with Crippen LogP contribution in [-0.4, -0.2) is 62.0 Å². The fourth-order valence-corrected chi connectivity index (χ4v) is 3.52. The molecule has 0 aromatic heterocycles. The van der Waals surface area contributed by atoms with Crippen molar-refractivity contribution in [1.29, 1.82) is 0 Å². The number of rotatable bonds is 6. The number of carbonyl (C=O) groups is 3. The summed E-state index contributed by atoms with van der Waals surface area (Å²) in [6, 6.07) is 7.31. The molecule has 8 nitrogen and oxygen atoms in total. The molecule has 1 saturated heterocycles. The van der Waals surface area contributed by atoms with E-state index in [0.717, 1.165) is 12.8 Å². The van der Waals surface area contributed by atoms with E-state index in [1.165, 1.54) is 0 Å². The van der Waals surface area contributed by atoms with Gasteiger partial charge in [0.05, 0.1) is 11.6 Å². The van der Waals surface area contributed by atoms with E-state index in [-0.39, 0.29) is 36.7 Å². The van der Waals surface area contributed by atoms with Crippen molar-refractivity contribution in [3.8, 4) is 5.75 Å². The quantitative estimate of drug-likeness (QED) is 0.736. The maximum Gasteiger partial charge on any atom is 0.265 e. The lowest BCUT2D eigenvalue weighted by atomic mass is 9.97. The van der Waals surface area contributed by atoms with Gasteiger partial charge in [0, 0.05) is 39.1 Å². The molecule has 0 bridgehead atoms. The van der Waals surface area contributed by atoms with Crippen LogP contribution < -0.4 is 20.7 Å². The summed E-state index contributed by atoms with van der Waals surface area (Å²) in [5.41, 5.74) is 6.11. The lowest BCUT2D eigenvalue weighted by molar-refractivity contribution is -0.135. The Morgan fingerprint density at radius 2 is 2.11 bits per heavy atom. The summed E-state index contributed by atoms with van der Waals surface area (Å²) in [6.45, 7) is 2.20. The largest absolute Gasteiger partial charge is 0.482 e. The molecule has 0 radical (unpaired) electrons. The van der Waals surface area contributed by atoms with E-state index in [1.807, 2.05) is 24.3 Å². The van der Waals surface area contributed by atoms with Gasteiger partial charge in [0.15, 0.2) is 6.61 Å². The molecule has 3 rings (SSSR count). The molecule has 3 N–H and O–H groups in total. The van der Waals surface area contributed by atoms with E-state index in [4.69, 9.17) is 10.5 Å². The van der Waals surface area contributed by atoms with Gasteiger partial charge in [-0.05, 0) is 25.0 Å². The number of anilines is 1. The number of piperidine rings is 1. The number of para-hydroxylation sites is 2. The first kappa shape index (κ1) is 19.2. The minimum absolute atomic E-state index is 0.0156. The summed E-state index contributed by atoms with van der Waals surface area (Å²) in [6.07, 6.45) is 1.79. The number of ether oxygens (including phenoxy) is 1. The van der Waals surface area contributed by atoms with Crippen molar-refractivity contribution in [2.24, 2.45) is 11.7 Å². The Bertz CT molecular complexity index is 709. The van der Waals surface area contributed by atoms with Gasteiger partial charge in [-0.2, -0.15) is 0 Å². The Morgan fingerprint density at radius 3 is 2.93 bits per heavy atom. The highest BCUT2D eigenvalue weighted by Crippen LogP contribution is 2.31. The zero-order valence-corrected chi connectivity index (χ0v) is 15.4. The molecule has 0 aliphatic carbocycles. The van der Waals surface area contributed by atoms with Crippen LogP contribution in [0.1, 0.15) is 19.3 Å². The summed E-state index contributed by atoms with van der Waals surface area (Å²) in [4.78, 5) is 40.3. The predicted octanol–water partition coefficient (Wildman–Crippen LogP) is 0.116. The molecule has 27 heavy (non-hydrogen) atoms. The van der Waals surface area contributed by atoms with Crippen molar-refractivity contribution in [2.75, 3.05) is 44.2 Å². The van der Waals surface area contributed by atoms with Crippen molar-refractivity contribution in [3.05, 3.63) is 24.3 Å². The Balaban J connectivity index is 1.56. The molecule has 146 valence electrons. The van der Waals surface area contributed by atoms with Crippen LogP contribution in [0.5, 0.6) is 5.75 Å². The van der Waals surface area contributed by atoms with Gasteiger partial charge < -0.3 is 25.6 Å². The van der Waals surface area contributed by atoms with Crippen molar-refractivity contribution in [3.63, 3.8) is 0 Å². The zero-order chi connectivity index (χ0) is 19.2. The number of nitrogens with zero attached hydrogens (tertiary/aromatic N) is 2. The maximum absolute atomic E-state index is 12.6. The van der Waals surface area contributed by atoms with Crippen LogP contribution in [0.15, 0.2) is 24.3 Å². The van der Waals surface area contributed by atoms with E-state index in [2.05, 4.69) is 5.32 Å². The van der Waals surface area contributed by atoms with E-state index >= 15 is 0 Å². The number of carbonyl (C=O) groups excluding carboxylic acids is 3. The van der Waals surface area contributed by atoms with Gasteiger partial charge in [0.2, 0.25) is 11.8 Å². The summed E-state index contributed by atoms with van der Waals surface area (Å²) >= 11 is 0. The number of nitrogens with one attached hydrogen (secondary N) is 1. The molecule has 3 amide bonds. The minimum atomic E-state index is -0.194. The van der Waals surface area contributed by atoms with Gasteiger partial charge >= 0.3 is 0 Å². The van der Waals surface area contributed by atoms with Gasteiger partial charge in [-0.3, -0.25) is 14.4 Å². The van der Waals surface area contributed by atoms with Crippen LogP contribution in [0.3, 0.4) is 0 Å². The maximum atomic E-state index is 12.6. The number of amides is 3. The van der Waals surface area contributed by atoms with Gasteiger partial charge in [-0.1, -0.05) is 12.1 Å². The summed E-state index contributed by atoms with van der Waals surface area (Å²) in [7, 11) is 0. The summed E-state index contributed by atoms with van der Waals surface area (Å²) < 4.78 is 5.42. The average Bonchev–Trinajstić information content (AvgIpc) is 2.71. The molecule has 1 aromatic carbocycles. The predicted molar refractivity (Wildman–Crippen MR) is 100 cm³/mol. The van der Waals surface area contributed by atoms with Gasteiger partial charge in [-0.15, -0.1) is 0 Å². The lowest BCUT2D eigenvalue weighted by Crippen LogP contribution is -2.47. The summed E-state index contributed by atoms with van der Waals surface area (Å²) in [5.74, 6) is 0.219. The monoisotopic (exact) mass is 374 g/mol. The number of likely N-dealkylation sites (tertiary alicyclic amines) is 1. The third-order valence-electron chi connectivity index (χ3n) is 4.95. The fourth-order valence-electron chi connectivity index (χ4n) is 3.52. The molecule has 0 spiro atoms. The van der Waals surface area contributed by atoms with Crippen molar-refractivity contribution in [2.45, 2.75) is 19.3 Å². The van der Waals surface area contributed by atoms with Gasteiger partial charge in [-0.25, -0.2) is 0 Å². The van der Waals surface area contributed by atoms with Crippen LogP contribution >= 0.6 is 0 Å². The Labute approximate surface area is 158 Å². The highest BCUT2D eigenvalue weighted by atomic mass is 16.5. The number of fused-ring (bicyclic) bond motifs is 1. The van der Waals surface area contributed by atoms with Crippen LogP contribution in [0, 0.1) is 5.92 Å². The van der Waals surface area contributed by atoms with E-state index in [0.29, 0.717) is 44.2 Å². The van der Waals surface area contributed by atoms with Crippen LogP contribution in [0.4, 0.5) is 5.69 Å². The number of hydrogen-bond donors (Lipinski definition) is 2. The Kier molecular flexibility index (Phi) is 6.28. The van der Waals surface area contributed by atoms with Gasteiger partial charge in [0.1, 0.15) is 5.75 Å². The van der Waals surface area contributed by atoms with Gasteiger partial charge in [0.25, 0.3) is 5.91 Å². The first-order valence-corrected chi connectivity index (χ1v) is 9.38. The number of benzene rings is 1. The first-order valence-electron chi connectivity index (χ1n) is 9.38. The molecule has 2 heterocycles. The molecule has 0 saturated carbocycles. The van der Waals surface area contributed by atoms with Crippen molar-refractivity contribution >= 4 is 23.4 Å². The second-order valence-electron chi connectivity index (χ2n) is 6.81. The third kappa shape index (κ3) is 4.57. The SMILES string of the molecule is NCCNC(=O)C1CCCN(C(=O)CCN2C(=O)COc3ccccc32)C1. The molecule has 2 aliphatic heterocycles. The minimum Gasteiger partial charge on any atom is -0.482 e. The second-order valence-corrected chi connectivity index (χ2v) is 6.81. The van der Waals surface area contributed by atoms with E-state index in [9.17, 15) is 14.4 Å². The molecular weight excluding hydrogens is 348 g/mol. The average molecular weight is 374 g/mol. The van der Waals surface area contributed by atoms with Crippen LogP contribution in [0.2, 0.25) is 0 Å². The standard InChI is InChI=1S/C19H26N4O4/c20-8-9-21-19(26)14-4-3-10-22(12-14)17(24)7-11-23-15-5-1-2-6-16(15)27-13-18(23)25/h1-2,5-6,14H,3-4,7-13,20H2,(H,21,26). The third-order valence-corrected chi connectivity index (χ3v) is 4.95. The molecular formula is C19H26N4O4. The topological polar surface area (TPSA) is 105 Å². The van der Waals surface area contributed by atoms with Crippen LogP contribution in [-0.2, 0) is 14.4 Å². The highest BCUT2D eigenvalue weighted by molar-refractivity contribution is 5.98. The second kappa shape index (κ2) is 8.85. The summed E-state index contributed by atoms with van der Waals surface area (Å²) in [5, 5.41) is 2.79. The van der Waals surface area contributed by atoms with Crippen molar-refractivity contribution < 1.29 is 19.1 Å². The number of nitrogens with two attached hydrogens (primary N) is 1. The molecule has 1 unspecified atom stereocenters. The molecule has 2 aliphatic rings. The molecule has 1 aromatic rings. The highest BCUT2D eigenvalue weighted by Gasteiger charge is 2.30. The van der Waals surface area contributed by atoms with Crippen molar-refractivity contribution in [1.82, 2.24) is 10.2 Å². The molecule has 8 heteroatoms. The number of hydrogen-bond acceptors (Lipinski definition) is 5.